The Bertz CT molecular complexity index is 708. The zero-order valence-electron chi connectivity index (χ0n) is 12.6. The van der Waals surface area contributed by atoms with Crippen molar-refractivity contribution < 1.29 is 14.3 Å². The molecule has 2 aliphatic heterocycles. The van der Waals surface area contributed by atoms with Crippen LogP contribution in [-0.2, 0) is 9.47 Å². The van der Waals surface area contributed by atoms with Gasteiger partial charge in [-0.25, -0.2) is 0 Å². The summed E-state index contributed by atoms with van der Waals surface area (Å²) >= 11 is 0. The fourth-order valence-corrected chi connectivity index (χ4v) is 3.28. The van der Waals surface area contributed by atoms with Gasteiger partial charge in [0.25, 0.3) is 5.91 Å². The molecule has 6 nitrogen and oxygen atoms in total. The minimum absolute atomic E-state index is 0.0234. The SMILES string of the molecule is Cc1ccc2[nH]nc(C(=O)N3CCC4(CC3)OCCO4)c2c1. The molecular formula is C16H19N3O3. The van der Waals surface area contributed by atoms with E-state index in [9.17, 15) is 4.79 Å². The predicted octanol–water partition coefficient (Wildman–Crippen LogP) is 1.85. The molecule has 0 bridgehead atoms. The molecule has 2 saturated heterocycles. The number of carbonyl (C=O) groups excluding carboxylic acids is 1. The highest BCUT2D eigenvalue weighted by Gasteiger charge is 2.41. The number of aromatic nitrogens is 2. The van der Waals surface area contributed by atoms with Gasteiger partial charge < -0.3 is 14.4 Å². The predicted molar refractivity (Wildman–Crippen MR) is 80.6 cm³/mol. The van der Waals surface area contributed by atoms with E-state index < -0.39 is 5.79 Å². The first kappa shape index (κ1) is 13.7. The molecule has 3 heterocycles. The smallest absolute Gasteiger partial charge is 0.274 e. The first-order valence-corrected chi connectivity index (χ1v) is 7.69. The fraction of sp³-hybridized carbons (Fsp3) is 0.500. The van der Waals surface area contributed by atoms with Crippen LogP contribution in [0.25, 0.3) is 10.9 Å². The van der Waals surface area contributed by atoms with Crippen LogP contribution in [-0.4, -0.2) is 53.1 Å². The van der Waals surface area contributed by atoms with Gasteiger partial charge >= 0.3 is 0 Å². The molecule has 0 atom stereocenters. The van der Waals surface area contributed by atoms with Crippen LogP contribution >= 0.6 is 0 Å². The molecule has 1 N–H and O–H groups in total. The fourth-order valence-electron chi connectivity index (χ4n) is 3.28. The van der Waals surface area contributed by atoms with Crippen LogP contribution in [0.1, 0.15) is 28.9 Å². The van der Waals surface area contributed by atoms with Gasteiger partial charge in [-0.15, -0.1) is 0 Å². The minimum atomic E-state index is -0.457. The molecule has 2 aliphatic rings. The van der Waals surface area contributed by atoms with E-state index in [-0.39, 0.29) is 5.91 Å². The number of piperidine rings is 1. The molecule has 1 aromatic heterocycles. The van der Waals surface area contributed by atoms with Crippen LogP contribution in [0.15, 0.2) is 18.2 Å². The Hall–Kier alpha value is -1.92. The number of amides is 1. The van der Waals surface area contributed by atoms with E-state index in [0.29, 0.717) is 32.0 Å². The maximum absolute atomic E-state index is 12.8. The lowest BCUT2D eigenvalue weighted by Gasteiger charge is -2.37. The highest BCUT2D eigenvalue weighted by Crippen LogP contribution is 2.32. The normalized spacial score (nSPS) is 20.9. The van der Waals surface area contributed by atoms with Crippen molar-refractivity contribution in [3.63, 3.8) is 0 Å². The van der Waals surface area contributed by atoms with Crippen molar-refractivity contribution in [2.75, 3.05) is 26.3 Å². The minimum Gasteiger partial charge on any atom is -0.347 e. The van der Waals surface area contributed by atoms with Crippen LogP contribution in [0, 0.1) is 6.92 Å². The quantitative estimate of drug-likeness (QED) is 0.873. The van der Waals surface area contributed by atoms with E-state index >= 15 is 0 Å². The third-order valence-corrected chi connectivity index (χ3v) is 4.55. The molecule has 6 heteroatoms. The molecule has 1 amide bonds. The second-order valence-corrected chi connectivity index (χ2v) is 6.02. The average molecular weight is 301 g/mol. The maximum atomic E-state index is 12.8. The Balaban J connectivity index is 1.55. The zero-order chi connectivity index (χ0) is 15.2. The first-order valence-electron chi connectivity index (χ1n) is 7.69. The summed E-state index contributed by atoms with van der Waals surface area (Å²) < 4.78 is 11.4. The molecule has 0 aliphatic carbocycles. The number of fused-ring (bicyclic) bond motifs is 1. The molecule has 0 saturated carbocycles. The Morgan fingerprint density at radius 2 is 2.00 bits per heavy atom. The summed E-state index contributed by atoms with van der Waals surface area (Å²) in [5.41, 5.74) is 2.51. The summed E-state index contributed by atoms with van der Waals surface area (Å²) in [6.45, 7) is 4.59. The summed E-state index contributed by atoms with van der Waals surface area (Å²) in [4.78, 5) is 14.6. The Morgan fingerprint density at radius 1 is 1.27 bits per heavy atom. The van der Waals surface area contributed by atoms with Crippen LogP contribution in [0.5, 0.6) is 0 Å². The van der Waals surface area contributed by atoms with Crippen LogP contribution < -0.4 is 0 Å². The van der Waals surface area contributed by atoms with Gasteiger partial charge in [0.05, 0.1) is 18.7 Å². The van der Waals surface area contributed by atoms with Gasteiger partial charge in [0.1, 0.15) is 0 Å². The Labute approximate surface area is 128 Å². The van der Waals surface area contributed by atoms with Crippen molar-refractivity contribution in [3.05, 3.63) is 29.5 Å². The number of H-pyrrole nitrogens is 1. The van der Waals surface area contributed by atoms with Crippen molar-refractivity contribution in [2.24, 2.45) is 0 Å². The van der Waals surface area contributed by atoms with Gasteiger partial charge in [-0.2, -0.15) is 5.10 Å². The second-order valence-electron chi connectivity index (χ2n) is 6.02. The number of nitrogens with one attached hydrogen (secondary N) is 1. The topological polar surface area (TPSA) is 67.5 Å². The second kappa shape index (κ2) is 5.07. The largest absolute Gasteiger partial charge is 0.347 e. The average Bonchev–Trinajstić information content (AvgIpc) is 3.14. The Morgan fingerprint density at radius 3 is 2.73 bits per heavy atom. The number of ether oxygens (including phenoxy) is 2. The molecule has 22 heavy (non-hydrogen) atoms. The number of hydrogen-bond acceptors (Lipinski definition) is 4. The number of benzene rings is 1. The third kappa shape index (κ3) is 2.19. The Kier molecular flexibility index (Phi) is 3.16. The number of rotatable bonds is 1. The molecule has 0 unspecified atom stereocenters. The first-order chi connectivity index (χ1) is 10.7. The summed E-state index contributed by atoms with van der Waals surface area (Å²) in [5, 5.41) is 8.05. The van der Waals surface area contributed by atoms with Crippen LogP contribution in [0.2, 0.25) is 0 Å². The standard InChI is InChI=1S/C16H19N3O3/c1-11-2-3-13-12(10-11)14(18-17-13)15(20)19-6-4-16(5-7-19)21-8-9-22-16/h2-3,10H,4-9H2,1H3,(H,17,18). The molecule has 1 aromatic carbocycles. The lowest BCUT2D eigenvalue weighted by molar-refractivity contribution is -0.181. The molecule has 2 aromatic rings. The van der Waals surface area contributed by atoms with Crippen LogP contribution in [0.4, 0.5) is 0 Å². The van der Waals surface area contributed by atoms with Crippen molar-refractivity contribution in [3.8, 4) is 0 Å². The zero-order valence-corrected chi connectivity index (χ0v) is 12.6. The number of aromatic amines is 1. The lowest BCUT2D eigenvalue weighted by atomic mass is 10.0. The van der Waals surface area contributed by atoms with Crippen LogP contribution in [0.3, 0.4) is 0 Å². The van der Waals surface area contributed by atoms with Gasteiger partial charge in [0.15, 0.2) is 11.5 Å². The molecule has 116 valence electrons. The van der Waals surface area contributed by atoms with Gasteiger partial charge in [-0.05, 0) is 19.1 Å². The van der Waals surface area contributed by atoms with Gasteiger partial charge in [-0.3, -0.25) is 9.89 Å². The summed E-state index contributed by atoms with van der Waals surface area (Å²) in [6.07, 6.45) is 1.44. The maximum Gasteiger partial charge on any atom is 0.274 e. The number of likely N-dealkylation sites (tertiary alicyclic amines) is 1. The van der Waals surface area contributed by atoms with E-state index in [4.69, 9.17) is 9.47 Å². The lowest BCUT2D eigenvalue weighted by Crippen LogP contribution is -2.47. The van der Waals surface area contributed by atoms with Crippen molar-refractivity contribution in [2.45, 2.75) is 25.6 Å². The number of hydrogen-bond donors (Lipinski definition) is 1. The number of aryl methyl sites for hydroxylation is 1. The van der Waals surface area contributed by atoms with E-state index in [1.165, 1.54) is 0 Å². The summed E-state index contributed by atoms with van der Waals surface area (Å²) in [7, 11) is 0. The number of carbonyl (C=O) groups is 1. The van der Waals surface area contributed by atoms with Crippen molar-refractivity contribution in [1.29, 1.82) is 0 Å². The van der Waals surface area contributed by atoms with Gasteiger partial charge in [-0.1, -0.05) is 11.6 Å². The van der Waals surface area contributed by atoms with E-state index in [1.54, 1.807) is 0 Å². The number of nitrogens with zero attached hydrogens (tertiary/aromatic N) is 2. The molecule has 0 radical (unpaired) electrons. The van der Waals surface area contributed by atoms with E-state index in [1.807, 2.05) is 30.0 Å². The van der Waals surface area contributed by atoms with E-state index in [0.717, 1.165) is 29.3 Å². The van der Waals surface area contributed by atoms with Crippen molar-refractivity contribution >= 4 is 16.8 Å². The molecule has 1 spiro atoms. The summed E-state index contributed by atoms with van der Waals surface area (Å²) in [6, 6.07) is 5.97. The summed E-state index contributed by atoms with van der Waals surface area (Å²) in [5.74, 6) is -0.481. The highest BCUT2D eigenvalue weighted by atomic mass is 16.7. The van der Waals surface area contributed by atoms with Gasteiger partial charge in [0.2, 0.25) is 0 Å². The monoisotopic (exact) mass is 301 g/mol. The third-order valence-electron chi connectivity index (χ3n) is 4.55. The molecule has 2 fully saturated rings. The highest BCUT2D eigenvalue weighted by molar-refractivity contribution is 6.04. The van der Waals surface area contributed by atoms with Crippen molar-refractivity contribution in [1.82, 2.24) is 15.1 Å². The van der Waals surface area contributed by atoms with E-state index in [2.05, 4.69) is 10.2 Å². The molecular weight excluding hydrogens is 282 g/mol. The molecule has 4 rings (SSSR count). The van der Waals surface area contributed by atoms with Gasteiger partial charge in [0, 0.05) is 31.3 Å².